The molecule has 0 fully saturated rings. The molecule has 138 valence electrons. The first kappa shape index (κ1) is 18.7. The second-order valence-corrected chi connectivity index (χ2v) is 6.93. The second kappa shape index (κ2) is 7.63. The summed E-state index contributed by atoms with van der Waals surface area (Å²) >= 11 is 3.41. The van der Waals surface area contributed by atoms with Crippen LogP contribution in [0.25, 0.3) is 11.1 Å². The number of hydrogen-bond acceptors (Lipinski definition) is 4. The van der Waals surface area contributed by atoms with Crippen LogP contribution < -0.4 is 22.3 Å². The van der Waals surface area contributed by atoms with E-state index in [0.717, 1.165) is 25.7 Å². The maximum absolute atomic E-state index is 12.3. The first-order valence-corrected chi connectivity index (χ1v) is 8.88. The Bertz CT molecular complexity index is 1100. The lowest BCUT2D eigenvalue weighted by atomic mass is 10.0. The number of benzene rings is 2. The highest BCUT2D eigenvalue weighted by atomic mass is 79.9. The van der Waals surface area contributed by atoms with Gasteiger partial charge in [-0.15, -0.1) is 0 Å². The summed E-state index contributed by atoms with van der Waals surface area (Å²) in [6.45, 7) is 0. The molecule has 0 atom stereocenters. The number of nitrogen functional groups attached to an aromatic ring is 1. The van der Waals surface area contributed by atoms with Crippen LogP contribution >= 0.6 is 15.9 Å². The Hall–Kier alpha value is -3.13. The van der Waals surface area contributed by atoms with E-state index in [1.165, 1.54) is 7.05 Å². The summed E-state index contributed by atoms with van der Waals surface area (Å²) in [4.78, 5) is 38.1. The fourth-order valence-corrected chi connectivity index (χ4v) is 2.85. The zero-order chi connectivity index (χ0) is 19.6. The molecule has 0 saturated carbocycles. The summed E-state index contributed by atoms with van der Waals surface area (Å²) in [6.07, 6.45) is 0.0718. The van der Waals surface area contributed by atoms with Gasteiger partial charge in [0.05, 0.1) is 6.42 Å². The van der Waals surface area contributed by atoms with Crippen LogP contribution in [0, 0.1) is 0 Å². The molecule has 3 aromatic rings. The Kier molecular flexibility index (Phi) is 5.27. The molecule has 4 N–H and O–H groups in total. The van der Waals surface area contributed by atoms with E-state index in [9.17, 15) is 14.4 Å². The number of H-pyrrole nitrogens is 1. The van der Waals surface area contributed by atoms with Crippen LogP contribution in [0.4, 0.5) is 11.5 Å². The van der Waals surface area contributed by atoms with Crippen LogP contribution in [0.15, 0.2) is 62.6 Å². The quantitative estimate of drug-likeness (QED) is 0.591. The van der Waals surface area contributed by atoms with E-state index >= 15 is 0 Å². The number of nitrogens with two attached hydrogens (primary N) is 1. The highest BCUT2D eigenvalue weighted by Crippen LogP contribution is 2.22. The molecule has 0 radical (unpaired) electrons. The molecule has 0 bridgehead atoms. The van der Waals surface area contributed by atoms with Gasteiger partial charge in [-0.25, -0.2) is 4.79 Å². The average Bonchev–Trinajstić information content (AvgIpc) is 2.65. The van der Waals surface area contributed by atoms with Crippen molar-refractivity contribution >= 4 is 33.3 Å². The van der Waals surface area contributed by atoms with Crippen molar-refractivity contribution in [2.45, 2.75) is 6.42 Å². The van der Waals surface area contributed by atoms with Crippen LogP contribution in [0.2, 0.25) is 0 Å². The van der Waals surface area contributed by atoms with Gasteiger partial charge in [0.2, 0.25) is 5.91 Å². The number of halogens is 1. The second-order valence-electron chi connectivity index (χ2n) is 6.01. The van der Waals surface area contributed by atoms with E-state index in [4.69, 9.17) is 5.73 Å². The number of hydrogen-bond donors (Lipinski definition) is 3. The predicted molar refractivity (Wildman–Crippen MR) is 109 cm³/mol. The molecule has 0 aliphatic rings. The van der Waals surface area contributed by atoms with E-state index in [2.05, 4.69) is 26.2 Å². The maximum Gasteiger partial charge on any atom is 0.329 e. The summed E-state index contributed by atoms with van der Waals surface area (Å²) in [5, 5.41) is 2.47. The Balaban J connectivity index is 1.74. The number of aromatic amines is 1. The lowest BCUT2D eigenvalue weighted by Crippen LogP contribution is -2.36. The van der Waals surface area contributed by atoms with Gasteiger partial charge >= 0.3 is 5.69 Å². The first-order valence-electron chi connectivity index (χ1n) is 8.08. The molecule has 0 saturated heterocycles. The molecule has 2 aromatic carbocycles. The van der Waals surface area contributed by atoms with Crippen LogP contribution in [-0.2, 0) is 18.3 Å². The van der Waals surface area contributed by atoms with E-state index in [0.29, 0.717) is 0 Å². The number of carbonyl (C=O) groups excluding carboxylic acids is 1. The molecule has 3 rings (SSSR count). The standard InChI is InChI=1S/C19H17BrN4O3/c1-24-18(26)16(17(21)23-19(24)27)22-15(25)10-11-2-4-12(5-3-11)13-6-8-14(20)9-7-13/h2-9H,10,21H2,1H3,(H,22,25)(H,23,27). The maximum atomic E-state index is 12.3. The van der Waals surface area contributed by atoms with Gasteiger partial charge in [0, 0.05) is 11.5 Å². The highest BCUT2D eigenvalue weighted by molar-refractivity contribution is 9.10. The molecule has 1 heterocycles. The van der Waals surface area contributed by atoms with Gasteiger partial charge in [0.1, 0.15) is 11.5 Å². The largest absolute Gasteiger partial charge is 0.383 e. The lowest BCUT2D eigenvalue weighted by Gasteiger charge is -2.09. The fraction of sp³-hybridized carbons (Fsp3) is 0.105. The summed E-state index contributed by atoms with van der Waals surface area (Å²) < 4.78 is 1.85. The molecular formula is C19H17BrN4O3. The van der Waals surface area contributed by atoms with Gasteiger partial charge in [-0.3, -0.25) is 19.1 Å². The topological polar surface area (TPSA) is 110 Å². The molecule has 27 heavy (non-hydrogen) atoms. The van der Waals surface area contributed by atoms with Gasteiger partial charge in [-0.05, 0) is 28.8 Å². The van der Waals surface area contributed by atoms with Crippen molar-refractivity contribution in [2.24, 2.45) is 7.05 Å². The van der Waals surface area contributed by atoms with Gasteiger partial charge in [-0.1, -0.05) is 52.3 Å². The van der Waals surface area contributed by atoms with E-state index < -0.39 is 17.2 Å². The minimum atomic E-state index is -0.657. The third kappa shape index (κ3) is 4.17. The zero-order valence-electron chi connectivity index (χ0n) is 14.5. The average molecular weight is 429 g/mol. The van der Waals surface area contributed by atoms with Crippen molar-refractivity contribution in [1.29, 1.82) is 0 Å². The zero-order valence-corrected chi connectivity index (χ0v) is 16.0. The number of nitrogens with one attached hydrogen (secondary N) is 2. The summed E-state index contributed by atoms with van der Waals surface area (Å²) in [6, 6.07) is 15.5. The molecular weight excluding hydrogens is 412 g/mol. The third-order valence-electron chi connectivity index (χ3n) is 4.09. The van der Waals surface area contributed by atoms with Gasteiger partial charge in [0.25, 0.3) is 5.56 Å². The smallest absolute Gasteiger partial charge is 0.329 e. The van der Waals surface area contributed by atoms with Gasteiger partial charge in [0.15, 0.2) is 0 Å². The van der Waals surface area contributed by atoms with Gasteiger partial charge < -0.3 is 11.1 Å². The minimum Gasteiger partial charge on any atom is -0.383 e. The van der Waals surface area contributed by atoms with Crippen molar-refractivity contribution in [3.63, 3.8) is 0 Å². The number of nitrogens with zero attached hydrogens (tertiary/aromatic N) is 1. The SMILES string of the molecule is Cn1c(=O)[nH]c(N)c(NC(=O)Cc2ccc(-c3ccc(Br)cc3)cc2)c1=O. The Labute approximate surface area is 163 Å². The Morgan fingerprint density at radius 3 is 2.22 bits per heavy atom. The summed E-state index contributed by atoms with van der Waals surface area (Å²) in [7, 11) is 1.30. The van der Waals surface area contributed by atoms with E-state index in [-0.39, 0.29) is 17.9 Å². The Morgan fingerprint density at radius 2 is 1.63 bits per heavy atom. The van der Waals surface area contributed by atoms with Gasteiger partial charge in [-0.2, -0.15) is 0 Å². The molecule has 1 aromatic heterocycles. The molecule has 7 nitrogen and oxygen atoms in total. The summed E-state index contributed by atoms with van der Waals surface area (Å²) in [5.41, 5.74) is 7.10. The van der Waals surface area contributed by atoms with Crippen molar-refractivity contribution in [3.05, 3.63) is 79.4 Å². The minimum absolute atomic E-state index is 0.0718. The van der Waals surface area contributed by atoms with Crippen molar-refractivity contribution < 1.29 is 4.79 Å². The Morgan fingerprint density at radius 1 is 1.07 bits per heavy atom. The van der Waals surface area contributed by atoms with Crippen LogP contribution in [0.3, 0.4) is 0 Å². The van der Waals surface area contributed by atoms with Crippen LogP contribution in [-0.4, -0.2) is 15.5 Å². The third-order valence-corrected chi connectivity index (χ3v) is 4.62. The van der Waals surface area contributed by atoms with Crippen molar-refractivity contribution in [1.82, 2.24) is 9.55 Å². The molecule has 0 unspecified atom stereocenters. The van der Waals surface area contributed by atoms with Crippen molar-refractivity contribution in [3.8, 4) is 11.1 Å². The van der Waals surface area contributed by atoms with Crippen LogP contribution in [0.5, 0.6) is 0 Å². The molecule has 0 aliphatic carbocycles. The lowest BCUT2D eigenvalue weighted by molar-refractivity contribution is -0.115. The highest BCUT2D eigenvalue weighted by Gasteiger charge is 2.13. The number of amides is 1. The number of rotatable bonds is 4. The molecule has 0 aliphatic heterocycles. The fourth-order valence-electron chi connectivity index (χ4n) is 2.58. The van der Waals surface area contributed by atoms with E-state index in [1.807, 2.05) is 48.5 Å². The number of aromatic nitrogens is 2. The van der Waals surface area contributed by atoms with E-state index in [1.54, 1.807) is 0 Å². The first-order chi connectivity index (χ1) is 12.8. The van der Waals surface area contributed by atoms with Crippen LogP contribution in [0.1, 0.15) is 5.56 Å². The number of anilines is 2. The van der Waals surface area contributed by atoms with Crippen molar-refractivity contribution in [2.75, 3.05) is 11.1 Å². The molecule has 0 spiro atoms. The predicted octanol–water partition coefficient (Wildman–Crippen LogP) is 2.27. The number of carbonyl (C=O) groups is 1. The monoisotopic (exact) mass is 428 g/mol. The molecule has 8 heteroatoms. The molecule has 1 amide bonds. The summed E-state index contributed by atoms with van der Waals surface area (Å²) in [5.74, 6) is -0.565. The normalized spacial score (nSPS) is 10.6.